The zero-order valence-corrected chi connectivity index (χ0v) is 10.5. The normalized spacial score (nSPS) is 12.8. The second-order valence-electron chi connectivity index (χ2n) is 4.18. The molecule has 0 unspecified atom stereocenters. The molecule has 1 atom stereocenters. The van der Waals surface area contributed by atoms with Crippen molar-refractivity contribution >= 4 is 17.6 Å². The molecule has 0 heterocycles. The third-order valence-electron chi connectivity index (χ3n) is 2.46. The van der Waals surface area contributed by atoms with Crippen LogP contribution >= 0.6 is 11.6 Å². The summed E-state index contributed by atoms with van der Waals surface area (Å²) in [6.07, 6.45) is 0. The van der Waals surface area contributed by atoms with Crippen LogP contribution < -0.4 is 5.32 Å². The molecule has 0 bridgehead atoms. The minimum absolute atomic E-state index is 0.0354. The molecule has 1 rings (SSSR count). The Hall–Kier alpha value is -1.13. The molecular weight excluding hydrogens is 245 g/mol. The summed E-state index contributed by atoms with van der Waals surface area (Å²) in [6.45, 7) is 3.93. The number of aliphatic carboxylic acids is 1. The minimum Gasteiger partial charge on any atom is -0.480 e. The Balaban J connectivity index is 2.69. The number of hydrogen-bond acceptors (Lipinski definition) is 2. The molecule has 0 fully saturated rings. The second-order valence-corrected chi connectivity index (χ2v) is 4.58. The van der Waals surface area contributed by atoms with E-state index < -0.39 is 17.8 Å². The van der Waals surface area contributed by atoms with Crippen LogP contribution in [0.1, 0.15) is 19.4 Å². The number of hydrogen-bond donors (Lipinski definition) is 2. The van der Waals surface area contributed by atoms with Crippen LogP contribution in [-0.4, -0.2) is 17.1 Å². The zero-order chi connectivity index (χ0) is 13.0. The summed E-state index contributed by atoms with van der Waals surface area (Å²) in [5.41, 5.74) is 0.681. The highest BCUT2D eigenvalue weighted by Gasteiger charge is 2.20. The largest absolute Gasteiger partial charge is 0.480 e. The zero-order valence-electron chi connectivity index (χ0n) is 9.71. The summed E-state index contributed by atoms with van der Waals surface area (Å²) in [6, 6.07) is 3.41. The van der Waals surface area contributed by atoms with E-state index in [0.717, 1.165) is 0 Å². The maximum absolute atomic E-state index is 12.8. The van der Waals surface area contributed by atoms with Gasteiger partial charge in [-0.3, -0.25) is 4.79 Å². The van der Waals surface area contributed by atoms with Gasteiger partial charge in [-0.15, -0.1) is 0 Å². The predicted octanol–water partition coefficient (Wildman–Crippen LogP) is 2.68. The van der Waals surface area contributed by atoms with Crippen molar-refractivity contribution in [1.29, 1.82) is 0 Å². The molecule has 0 amide bonds. The van der Waals surface area contributed by atoms with Gasteiger partial charge in [-0.1, -0.05) is 31.5 Å². The molecule has 1 aromatic rings. The molecule has 0 aliphatic heterocycles. The van der Waals surface area contributed by atoms with Crippen molar-refractivity contribution in [2.75, 3.05) is 0 Å². The van der Waals surface area contributed by atoms with E-state index in [1.807, 2.05) is 13.8 Å². The van der Waals surface area contributed by atoms with Crippen LogP contribution in [0.4, 0.5) is 4.39 Å². The number of halogens is 2. The molecule has 0 spiro atoms. The molecule has 0 aromatic heterocycles. The Morgan fingerprint density at radius 3 is 2.65 bits per heavy atom. The fraction of sp³-hybridized carbons (Fsp3) is 0.417. The second kappa shape index (κ2) is 5.98. The molecule has 3 nitrogen and oxygen atoms in total. The number of carboxylic acids is 1. The minimum atomic E-state index is -0.904. The fourth-order valence-corrected chi connectivity index (χ4v) is 1.73. The molecule has 0 radical (unpaired) electrons. The fourth-order valence-electron chi connectivity index (χ4n) is 1.49. The molecular formula is C12H15ClFNO2. The third kappa shape index (κ3) is 3.98. The lowest BCUT2D eigenvalue weighted by atomic mass is 10.0. The van der Waals surface area contributed by atoms with Crippen LogP contribution in [0.5, 0.6) is 0 Å². The highest BCUT2D eigenvalue weighted by atomic mass is 35.5. The lowest BCUT2D eigenvalue weighted by Crippen LogP contribution is -2.40. The van der Waals surface area contributed by atoms with Crippen LogP contribution in [-0.2, 0) is 11.3 Å². The number of rotatable bonds is 5. The smallest absolute Gasteiger partial charge is 0.320 e. The van der Waals surface area contributed by atoms with E-state index in [-0.39, 0.29) is 5.92 Å². The van der Waals surface area contributed by atoms with E-state index in [2.05, 4.69) is 5.32 Å². The molecule has 2 N–H and O–H groups in total. The quantitative estimate of drug-likeness (QED) is 0.855. The Morgan fingerprint density at radius 2 is 2.18 bits per heavy atom. The van der Waals surface area contributed by atoms with Crippen LogP contribution in [0.25, 0.3) is 0 Å². The van der Waals surface area contributed by atoms with Gasteiger partial charge in [-0.25, -0.2) is 4.39 Å². The maximum atomic E-state index is 12.8. The predicted molar refractivity (Wildman–Crippen MR) is 64.5 cm³/mol. The highest BCUT2D eigenvalue weighted by molar-refractivity contribution is 6.31. The standard InChI is InChI=1S/C12H15ClFNO2/c1-7(2)11(12(16)17)15-6-8-3-4-9(14)5-10(8)13/h3-5,7,11,15H,6H2,1-2H3,(H,16,17)/t11-/m0/s1. The number of carbonyl (C=O) groups is 1. The number of nitrogens with one attached hydrogen (secondary N) is 1. The lowest BCUT2D eigenvalue weighted by molar-refractivity contribution is -0.140. The molecule has 5 heteroatoms. The SMILES string of the molecule is CC(C)[C@H](NCc1ccc(F)cc1Cl)C(=O)O. The summed E-state index contributed by atoms with van der Waals surface area (Å²) < 4.78 is 12.8. The van der Waals surface area contributed by atoms with Crippen LogP contribution in [0.3, 0.4) is 0 Å². The van der Waals surface area contributed by atoms with Crippen molar-refractivity contribution in [3.8, 4) is 0 Å². The summed E-state index contributed by atoms with van der Waals surface area (Å²) in [4.78, 5) is 10.9. The van der Waals surface area contributed by atoms with Crippen LogP contribution in [0.15, 0.2) is 18.2 Å². The van der Waals surface area contributed by atoms with Crippen molar-refractivity contribution in [1.82, 2.24) is 5.32 Å². The number of carboxylic acid groups (broad SMARTS) is 1. The van der Waals surface area contributed by atoms with Gasteiger partial charge >= 0.3 is 5.97 Å². The first kappa shape index (κ1) is 13.9. The van der Waals surface area contributed by atoms with Crippen LogP contribution in [0, 0.1) is 11.7 Å². The summed E-state index contributed by atoms with van der Waals surface area (Å²) in [5.74, 6) is -1.35. The molecule has 94 valence electrons. The van der Waals surface area contributed by atoms with Crippen molar-refractivity contribution in [3.63, 3.8) is 0 Å². The third-order valence-corrected chi connectivity index (χ3v) is 2.81. The summed E-state index contributed by atoms with van der Waals surface area (Å²) >= 11 is 5.84. The Morgan fingerprint density at radius 1 is 1.53 bits per heavy atom. The first-order chi connectivity index (χ1) is 7.91. The molecule has 0 saturated heterocycles. The Bertz CT molecular complexity index is 409. The Labute approximate surface area is 105 Å². The first-order valence-corrected chi connectivity index (χ1v) is 5.69. The highest BCUT2D eigenvalue weighted by Crippen LogP contribution is 2.17. The van der Waals surface area contributed by atoms with Gasteiger partial charge in [-0.05, 0) is 23.6 Å². The summed E-state index contributed by atoms with van der Waals surface area (Å²) in [7, 11) is 0. The van der Waals surface area contributed by atoms with Crippen molar-refractivity contribution < 1.29 is 14.3 Å². The van der Waals surface area contributed by atoms with Gasteiger partial charge in [0.05, 0.1) is 0 Å². The molecule has 17 heavy (non-hydrogen) atoms. The maximum Gasteiger partial charge on any atom is 0.320 e. The average Bonchev–Trinajstić information content (AvgIpc) is 2.20. The van der Waals surface area contributed by atoms with Crippen LogP contribution in [0.2, 0.25) is 5.02 Å². The molecule has 0 saturated carbocycles. The van der Waals surface area contributed by atoms with E-state index >= 15 is 0 Å². The van der Waals surface area contributed by atoms with Gasteiger partial charge in [-0.2, -0.15) is 0 Å². The monoisotopic (exact) mass is 259 g/mol. The van der Waals surface area contributed by atoms with Gasteiger partial charge in [0.15, 0.2) is 0 Å². The van der Waals surface area contributed by atoms with Gasteiger partial charge in [0.25, 0.3) is 0 Å². The van der Waals surface area contributed by atoms with E-state index in [0.29, 0.717) is 17.1 Å². The van der Waals surface area contributed by atoms with Crippen molar-refractivity contribution in [2.45, 2.75) is 26.4 Å². The van der Waals surface area contributed by atoms with E-state index in [1.165, 1.54) is 12.1 Å². The molecule has 0 aliphatic carbocycles. The van der Waals surface area contributed by atoms with Gasteiger partial charge in [0.1, 0.15) is 11.9 Å². The van der Waals surface area contributed by atoms with Gasteiger partial charge in [0.2, 0.25) is 0 Å². The average molecular weight is 260 g/mol. The van der Waals surface area contributed by atoms with E-state index in [4.69, 9.17) is 16.7 Å². The lowest BCUT2D eigenvalue weighted by Gasteiger charge is -2.18. The van der Waals surface area contributed by atoms with Gasteiger partial charge in [0, 0.05) is 11.6 Å². The Kier molecular flexibility index (Phi) is 4.90. The van der Waals surface area contributed by atoms with Crippen molar-refractivity contribution in [2.24, 2.45) is 5.92 Å². The van der Waals surface area contributed by atoms with E-state index in [1.54, 1.807) is 6.07 Å². The topological polar surface area (TPSA) is 49.3 Å². The number of benzene rings is 1. The molecule has 1 aromatic carbocycles. The molecule has 0 aliphatic rings. The first-order valence-electron chi connectivity index (χ1n) is 5.32. The van der Waals surface area contributed by atoms with E-state index in [9.17, 15) is 9.18 Å². The van der Waals surface area contributed by atoms with Gasteiger partial charge < -0.3 is 10.4 Å². The van der Waals surface area contributed by atoms with Crippen molar-refractivity contribution in [3.05, 3.63) is 34.6 Å². The summed E-state index contributed by atoms with van der Waals surface area (Å²) in [5, 5.41) is 12.2.